The van der Waals surface area contributed by atoms with Crippen LogP contribution in [0.15, 0.2) is 54.6 Å². The Morgan fingerprint density at radius 1 is 0.598 bits per heavy atom. The summed E-state index contributed by atoms with van der Waals surface area (Å²) in [6.07, 6.45) is 30.6. The maximum Gasteiger partial charge on any atom is 0.309 e. The summed E-state index contributed by atoms with van der Waals surface area (Å²) < 4.78 is 24.8. The van der Waals surface area contributed by atoms with E-state index in [9.17, 15) is 23.6 Å². The second-order valence-electron chi connectivity index (χ2n) is 32.8. The van der Waals surface area contributed by atoms with Crippen molar-refractivity contribution in [3.8, 4) is 5.69 Å². The summed E-state index contributed by atoms with van der Waals surface area (Å²) in [5.74, 6) is 4.28. The van der Waals surface area contributed by atoms with E-state index in [0.717, 1.165) is 117 Å². The first-order chi connectivity index (χ1) is 44.2. The summed E-state index contributed by atoms with van der Waals surface area (Å²) in [4.78, 5) is 53.0. The molecule has 8 atom stereocenters. The number of halogens is 1. The van der Waals surface area contributed by atoms with Crippen molar-refractivity contribution < 1.29 is 28.3 Å². The van der Waals surface area contributed by atoms with Gasteiger partial charge in [0.15, 0.2) is 17.1 Å². The number of rotatable bonds is 12. The molecule has 9 saturated carbocycles. The van der Waals surface area contributed by atoms with Gasteiger partial charge in [-0.25, -0.2) is 9.07 Å². The van der Waals surface area contributed by atoms with E-state index in [1.165, 1.54) is 138 Å². The number of carbonyl (C=O) groups is 4. The normalized spacial score (nSPS) is 32.3. The monoisotopic (exact) mass is 1250 g/mol. The molecule has 3 N–H and O–H groups in total. The van der Waals surface area contributed by atoms with Gasteiger partial charge in [-0.05, 0) is 241 Å². The van der Waals surface area contributed by atoms with Crippen molar-refractivity contribution in [2.24, 2.45) is 63.1 Å². The van der Waals surface area contributed by atoms with Gasteiger partial charge in [-0.2, -0.15) is 15.3 Å². The fourth-order valence-corrected chi connectivity index (χ4v) is 21.8. The zero-order valence-electron chi connectivity index (χ0n) is 56.5. The minimum absolute atomic E-state index is 0.00111. The number of amides is 3. The van der Waals surface area contributed by atoms with Crippen LogP contribution in [-0.4, -0.2) is 78.3 Å². The van der Waals surface area contributed by atoms with Crippen LogP contribution in [0.25, 0.3) is 5.69 Å². The first-order valence-electron chi connectivity index (χ1n) is 36.3. The van der Waals surface area contributed by atoms with Crippen molar-refractivity contribution in [3.63, 3.8) is 0 Å². The molecule has 7 unspecified atom stereocenters. The molecule has 2 aromatic carbocycles. The van der Waals surface area contributed by atoms with Crippen molar-refractivity contribution in [1.29, 1.82) is 0 Å². The van der Waals surface area contributed by atoms with Gasteiger partial charge in [-0.15, -0.1) is 0 Å². The molecule has 12 aliphatic rings. The third-order valence-corrected chi connectivity index (χ3v) is 26.4. The first kappa shape index (κ1) is 63.3. The Bertz CT molecular complexity index is 3540. The molecule has 17 rings (SSSR count). The van der Waals surface area contributed by atoms with Crippen LogP contribution in [0.1, 0.15) is 272 Å². The van der Waals surface area contributed by atoms with Crippen LogP contribution in [0, 0.1) is 68.9 Å². The van der Waals surface area contributed by atoms with Gasteiger partial charge in [0.05, 0.1) is 37.0 Å². The molecule has 0 aliphatic heterocycles. The predicted octanol–water partition coefficient (Wildman–Crippen LogP) is 14.8. The van der Waals surface area contributed by atoms with Crippen LogP contribution in [0.4, 0.5) is 4.39 Å². The zero-order chi connectivity index (χ0) is 64.0. The highest BCUT2D eigenvalue weighted by molar-refractivity contribution is 5.96. The van der Waals surface area contributed by atoms with E-state index in [1.54, 1.807) is 12.1 Å². The number of nitrogens with zero attached hydrogens (tertiary/aromatic N) is 6. The van der Waals surface area contributed by atoms with Crippen LogP contribution in [0.3, 0.4) is 0 Å². The van der Waals surface area contributed by atoms with E-state index in [0.29, 0.717) is 59.3 Å². The van der Waals surface area contributed by atoms with Gasteiger partial charge in [0.1, 0.15) is 5.82 Å². The SMILES string of the molecule is CC12CCC(C1)C(C)(C)C2NC(=O)c1nn(Cc2ccccc2)c2c1CCCC2.CCC1CCCc2c(C(=O)NC3C4(C)CCC(C4)C3(C)C)nn(-c3ccc(F)cc3)c21.COC(=O)[C@H]1CCc2c(c(C(=O)NC3C4CC5CC(C4)CC3C5)nn2C2CCCCC2)C1. The first-order valence-corrected chi connectivity index (χ1v) is 36.3. The molecule has 15 heteroatoms. The predicted molar refractivity (Wildman–Crippen MR) is 355 cm³/mol. The molecule has 3 amide bonds. The van der Waals surface area contributed by atoms with E-state index >= 15 is 0 Å². The number of ether oxygens (including phenoxy) is 1. The largest absolute Gasteiger partial charge is 0.469 e. The van der Waals surface area contributed by atoms with Crippen molar-refractivity contribution in [2.45, 2.75) is 258 Å². The van der Waals surface area contributed by atoms with Crippen LogP contribution < -0.4 is 16.0 Å². The highest BCUT2D eigenvalue weighted by atomic mass is 19.1. The molecule has 5 aromatic rings. The summed E-state index contributed by atoms with van der Waals surface area (Å²) in [6, 6.07) is 18.0. The smallest absolute Gasteiger partial charge is 0.309 e. The highest BCUT2D eigenvalue weighted by Gasteiger charge is 2.61. The Kier molecular flexibility index (Phi) is 17.1. The molecular weight excluding hydrogens is 1150 g/mol. The molecule has 9 fully saturated rings. The Morgan fingerprint density at radius 3 is 1.78 bits per heavy atom. The maximum absolute atomic E-state index is 13.6. The highest BCUT2D eigenvalue weighted by Crippen LogP contribution is 2.64. The fourth-order valence-electron chi connectivity index (χ4n) is 21.8. The zero-order valence-corrected chi connectivity index (χ0v) is 56.5. The summed E-state index contributed by atoms with van der Waals surface area (Å²) >= 11 is 0. The van der Waals surface area contributed by atoms with Crippen LogP contribution in [0.2, 0.25) is 0 Å². The number of fused-ring (bicyclic) bond motifs is 7. The van der Waals surface area contributed by atoms with E-state index in [1.807, 2.05) is 10.7 Å². The Morgan fingerprint density at radius 2 is 1.18 bits per heavy atom. The number of benzene rings is 2. The second-order valence-corrected chi connectivity index (χ2v) is 32.8. The van der Waals surface area contributed by atoms with E-state index < -0.39 is 0 Å². The third kappa shape index (κ3) is 11.5. The van der Waals surface area contributed by atoms with Gasteiger partial charge >= 0.3 is 5.97 Å². The molecule has 494 valence electrons. The third-order valence-electron chi connectivity index (χ3n) is 26.4. The molecule has 0 spiro atoms. The minimum Gasteiger partial charge on any atom is -0.469 e. The number of nitrogens with one attached hydrogen (secondary N) is 3. The Hall–Kier alpha value is -6.12. The van der Waals surface area contributed by atoms with Gasteiger partial charge in [0.2, 0.25) is 0 Å². The molecule has 14 nitrogen and oxygen atoms in total. The maximum atomic E-state index is 13.6. The topological polar surface area (TPSA) is 167 Å². The van der Waals surface area contributed by atoms with E-state index in [2.05, 4.69) is 98.0 Å². The molecule has 0 radical (unpaired) electrons. The van der Waals surface area contributed by atoms with Gasteiger partial charge in [0, 0.05) is 52.1 Å². The van der Waals surface area contributed by atoms with Gasteiger partial charge in [-0.1, -0.05) is 98.1 Å². The van der Waals surface area contributed by atoms with Gasteiger partial charge in [-0.3, -0.25) is 28.5 Å². The lowest BCUT2D eigenvalue weighted by Gasteiger charge is -2.54. The number of carbonyl (C=O) groups excluding carboxylic acids is 4. The van der Waals surface area contributed by atoms with Crippen molar-refractivity contribution in [3.05, 3.63) is 117 Å². The lowest BCUT2D eigenvalue weighted by molar-refractivity contribution is -0.145. The van der Waals surface area contributed by atoms with Gasteiger partial charge < -0.3 is 20.7 Å². The second kappa shape index (κ2) is 24.9. The molecule has 92 heavy (non-hydrogen) atoms. The minimum atomic E-state index is -0.262. The molecule has 3 heterocycles. The molecule has 12 aliphatic carbocycles. The average Bonchev–Trinajstić information content (AvgIpc) is 1.59. The molecule has 3 aromatic heterocycles. The number of methoxy groups -OCH3 is 1. The number of esters is 1. The van der Waals surface area contributed by atoms with Crippen molar-refractivity contribution in [2.75, 3.05) is 7.11 Å². The molecule has 8 bridgehead atoms. The standard InChI is InChI=1S/C26H34FN3O.C26H37N3O3.C25H33N3O/c1-5-16-7-6-8-20-21(29-30(22(16)20)19-11-9-18(27)10-12-19)23(31)28-24-25(2,3)17-13-14-26(24,4)15-17;1-32-26(31)17-7-8-22-21(14-17)24(28-29(22)20-5-3-2-4-6-20)25(30)27-23-18-10-15-9-16(12-18)13-19(23)11-15;1-24(2)18-13-14-25(3,15-18)23(24)26-22(29)21-19-11-7-8-12-20(19)28(27-21)16-17-9-5-4-6-10-17/h9-12,16-17,24H,5-8,13-15H2,1-4H3,(H,28,31);15-20,23H,2-14H2,1H3,(H,27,30);4-6,9-10,18,23H,7-8,11-16H2,1-3H3,(H,26,29)/t;15?,16?,17-,18?,19?,23?;/m.0./s1. The number of aromatic nitrogens is 6. The average molecular weight is 1250 g/mol. The van der Waals surface area contributed by atoms with Crippen LogP contribution in [0.5, 0.6) is 0 Å². The lowest BCUT2D eigenvalue weighted by Crippen LogP contribution is -2.56. The Labute approximate surface area is 545 Å². The van der Waals surface area contributed by atoms with E-state index in [-0.39, 0.29) is 69.2 Å². The van der Waals surface area contributed by atoms with Crippen LogP contribution in [-0.2, 0) is 48.2 Å². The summed E-state index contributed by atoms with van der Waals surface area (Å²) in [5, 5.41) is 25.1. The fraction of sp³-hybridized carbons (Fsp3) is 0.675. The van der Waals surface area contributed by atoms with Gasteiger partial charge in [0.25, 0.3) is 17.7 Å². The van der Waals surface area contributed by atoms with Crippen molar-refractivity contribution in [1.82, 2.24) is 45.3 Å². The summed E-state index contributed by atoms with van der Waals surface area (Å²) in [6.45, 7) is 17.0. The quantitative estimate of drug-likeness (QED) is 0.104. The number of hydrogen-bond donors (Lipinski definition) is 3. The Balaban J connectivity index is 0.000000120. The number of hydrogen-bond acceptors (Lipinski definition) is 8. The molecule has 0 saturated heterocycles. The van der Waals surface area contributed by atoms with E-state index in [4.69, 9.17) is 20.0 Å². The lowest BCUT2D eigenvalue weighted by atomic mass is 9.54. The summed E-state index contributed by atoms with van der Waals surface area (Å²) in [7, 11) is 1.46. The molecular formula is C77H104FN9O5. The van der Waals surface area contributed by atoms with Crippen molar-refractivity contribution >= 4 is 23.7 Å². The van der Waals surface area contributed by atoms with Crippen LogP contribution >= 0.6 is 0 Å². The summed E-state index contributed by atoms with van der Waals surface area (Å²) in [5.41, 5.74) is 11.5.